The van der Waals surface area contributed by atoms with Gasteiger partial charge in [0.2, 0.25) is 0 Å². The second-order valence-electron chi connectivity index (χ2n) is 3.82. The number of hydrogen-bond donors (Lipinski definition) is 2. The van der Waals surface area contributed by atoms with E-state index in [4.69, 9.17) is 9.84 Å². The molecule has 0 fully saturated rings. The molecule has 1 aromatic rings. The molecular weight excluding hydrogens is 238 g/mol. The SMILES string of the molecule is COCC(CCO)NC(=O)c1ccc(=O)n(C)n1. The Bertz CT molecular complexity index is 452. The van der Waals surface area contributed by atoms with Crippen LogP contribution in [0.1, 0.15) is 16.9 Å². The number of carbonyl (C=O) groups is 1. The smallest absolute Gasteiger partial charge is 0.272 e. The highest BCUT2D eigenvalue weighted by molar-refractivity contribution is 5.92. The Morgan fingerprint density at radius 2 is 2.33 bits per heavy atom. The molecule has 7 heteroatoms. The first-order valence-electron chi connectivity index (χ1n) is 5.53. The number of nitrogens with one attached hydrogen (secondary N) is 1. The van der Waals surface area contributed by atoms with Gasteiger partial charge in [0.05, 0.1) is 12.6 Å². The summed E-state index contributed by atoms with van der Waals surface area (Å²) in [6.45, 7) is 0.257. The Balaban J connectivity index is 2.73. The van der Waals surface area contributed by atoms with Crippen molar-refractivity contribution in [2.75, 3.05) is 20.3 Å². The first-order valence-corrected chi connectivity index (χ1v) is 5.53. The van der Waals surface area contributed by atoms with Gasteiger partial charge in [-0.3, -0.25) is 9.59 Å². The van der Waals surface area contributed by atoms with Crippen LogP contribution in [0.5, 0.6) is 0 Å². The molecule has 7 nitrogen and oxygen atoms in total. The van der Waals surface area contributed by atoms with Gasteiger partial charge in [0.15, 0.2) is 0 Å². The number of aliphatic hydroxyl groups is 1. The predicted octanol–water partition coefficient (Wildman–Crippen LogP) is -1.09. The fourth-order valence-electron chi connectivity index (χ4n) is 1.44. The third-order valence-corrected chi connectivity index (χ3v) is 2.37. The zero-order valence-corrected chi connectivity index (χ0v) is 10.4. The van der Waals surface area contributed by atoms with Crippen LogP contribution in [0.3, 0.4) is 0 Å². The van der Waals surface area contributed by atoms with Crippen LogP contribution in [0.4, 0.5) is 0 Å². The fourth-order valence-corrected chi connectivity index (χ4v) is 1.44. The molecule has 0 spiro atoms. The monoisotopic (exact) mass is 255 g/mol. The van der Waals surface area contributed by atoms with Crippen molar-refractivity contribution >= 4 is 5.91 Å². The lowest BCUT2D eigenvalue weighted by Crippen LogP contribution is -2.39. The zero-order valence-electron chi connectivity index (χ0n) is 10.4. The lowest BCUT2D eigenvalue weighted by molar-refractivity contribution is 0.0871. The lowest BCUT2D eigenvalue weighted by Gasteiger charge is -2.16. The van der Waals surface area contributed by atoms with E-state index in [1.54, 1.807) is 0 Å². The van der Waals surface area contributed by atoms with Crippen molar-refractivity contribution in [1.82, 2.24) is 15.1 Å². The standard InChI is InChI=1S/C11H17N3O4/c1-14-10(16)4-3-9(13-14)11(17)12-8(5-6-15)7-18-2/h3-4,8,15H,5-7H2,1-2H3,(H,12,17). The van der Waals surface area contributed by atoms with Crippen molar-refractivity contribution in [3.8, 4) is 0 Å². The fraction of sp³-hybridized carbons (Fsp3) is 0.545. The Labute approximate surface area is 104 Å². The molecule has 0 aliphatic carbocycles. The molecule has 100 valence electrons. The van der Waals surface area contributed by atoms with Crippen LogP contribution in [0.25, 0.3) is 0 Å². The average Bonchev–Trinajstić information content (AvgIpc) is 2.33. The maximum absolute atomic E-state index is 11.8. The number of aryl methyl sites for hydroxylation is 1. The highest BCUT2D eigenvalue weighted by Gasteiger charge is 2.14. The number of ether oxygens (including phenoxy) is 1. The summed E-state index contributed by atoms with van der Waals surface area (Å²) in [6, 6.07) is 2.35. The van der Waals surface area contributed by atoms with Crippen molar-refractivity contribution in [2.45, 2.75) is 12.5 Å². The van der Waals surface area contributed by atoms with Gasteiger partial charge in [-0.25, -0.2) is 4.68 Å². The molecule has 0 saturated carbocycles. The van der Waals surface area contributed by atoms with Gasteiger partial charge >= 0.3 is 0 Å². The van der Waals surface area contributed by atoms with Gasteiger partial charge in [0, 0.05) is 26.8 Å². The number of methoxy groups -OCH3 is 1. The Morgan fingerprint density at radius 3 is 2.89 bits per heavy atom. The first kappa shape index (κ1) is 14.3. The lowest BCUT2D eigenvalue weighted by atomic mass is 10.2. The third-order valence-electron chi connectivity index (χ3n) is 2.37. The summed E-state index contributed by atoms with van der Waals surface area (Å²) in [4.78, 5) is 23.0. The van der Waals surface area contributed by atoms with E-state index in [2.05, 4.69) is 10.4 Å². The maximum atomic E-state index is 11.8. The van der Waals surface area contributed by atoms with E-state index < -0.39 is 5.91 Å². The normalized spacial score (nSPS) is 12.2. The van der Waals surface area contributed by atoms with Crippen molar-refractivity contribution < 1.29 is 14.6 Å². The van der Waals surface area contributed by atoms with Crippen molar-refractivity contribution in [3.05, 3.63) is 28.2 Å². The number of aliphatic hydroxyl groups excluding tert-OH is 1. The van der Waals surface area contributed by atoms with Crippen LogP contribution in [0.15, 0.2) is 16.9 Å². The van der Waals surface area contributed by atoms with Gasteiger partial charge in [0.1, 0.15) is 5.69 Å². The van der Waals surface area contributed by atoms with Gasteiger partial charge in [-0.2, -0.15) is 5.10 Å². The number of carbonyl (C=O) groups excluding carboxylic acids is 1. The van der Waals surface area contributed by atoms with Gasteiger partial charge in [-0.1, -0.05) is 0 Å². The molecule has 0 aliphatic rings. The summed E-state index contributed by atoms with van der Waals surface area (Å²) in [7, 11) is 2.99. The molecule has 18 heavy (non-hydrogen) atoms. The van der Waals surface area contributed by atoms with Crippen molar-refractivity contribution in [3.63, 3.8) is 0 Å². The van der Waals surface area contributed by atoms with Crippen LogP contribution < -0.4 is 10.9 Å². The highest BCUT2D eigenvalue weighted by atomic mass is 16.5. The molecule has 0 bridgehead atoms. The summed E-state index contributed by atoms with van der Waals surface area (Å²) in [5.41, 5.74) is -0.133. The average molecular weight is 255 g/mol. The minimum absolute atomic E-state index is 0.0466. The van der Waals surface area contributed by atoms with E-state index >= 15 is 0 Å². The Hall–Kier alpha value is -1.73. The zero-order chi connectivity index (χ0) is 13.5. The maximum Gasteiger partial charge on any atom is 0.272 e. The second kappa shape index (κ2) is 6.87. The van der Waals surface area contributed by atoms with Crippen LogP contribution in [-0.4, -0.2) is 47.2 Å². The molecule has 1 rings (SSSR count). The third kappa shape index (κ3) is 3.94. The van der Waals surface area contributed by atoms with Crippen LogP contribution in [-0.2, 0) is 11.8 Å². The van der Waals surface area contributed by atoms with E-state index in [0.717, 1.165) is 4.68 Å². The van der Waals surface area contributed by atoms with Crippen LogP contribution >= 0.6 is 0 Å². The quantitative estimate of drug-likeness (QED) is 0.673. The molecule has 0 saturated heterocycles. The second-order valence-corrected chi connectivity index (χ2v) is 3.82. The molecule has 1 aromatic heterocycles. The highest BCUT2D eigenvalue weighted by Crippen LogP contribution is 1.96. The Morgan fingerprint density at radius 1 is 1.61 bits per heavy atom. The molecule has 2 N–H and O–H groups in total. The molecule has 0 aromatic carbocycles. The van der Waals surface area contributed by atoms with Crippen molar-refractivity contribution in [1.29, 1.82) is 0 Å². The Kier molecular flexibility index (Phi) is 5.47. The molecule has 1 amide bonds. The van der Waals surface area contributed by atoms with Crippen LogP contribution in [0, 0.1) is 0 Å². The largest absolute Gasteiger partial charge is 0.396 e. The summed E-state index contributed by atoms with van der Waals surface area (Å²) >= 11 is 0. The molecular formula is C11H17N3O4. The van der Waals surface area contributed by atoms with Gasteiger partial charge in [-0.05, 0) is 12.5 Å². The van der Waals surface area contributed by atoms with E-state index in [9.17, 15) is 9.59 Å². The van der Waals surface area contributed by atoms with Gasteiger partial charge in [0.25, 0.3) is 11.5 Å². The summed E-state index contributed by atoms with van der Waals surface area (Å²) in [6.07, 6.45) is 0.394. The molecule has 1 unspecified atom stereocenters. The van der Waals surface area contributed by atoms with E-state index in [0.29, 0.717) is 13.0 Å². The number of aromatic nitrogens is 2. The van der Waals surface area contributed by atoms with Gasteiger partial charge in [-0.15, -0.1) is 0 Å². The molecule has 1 atom stereocenters. The number of amides is 1. The minimum atomic E-state index is -0.402. The predicted molar refractivity (Wildman–Crippen MR) is 64.3 cm³/mol. The molecule has 0 radical (unpaired) electrons. The van der Waals surface area contributed by atoms with E-state index in [1.165, 1.54) is 26.3 Å². The van der Waals surface area contributed by atoms with Crippen LogP contribution in [0.2, 0.25) is 0 Å². The summed E-state index contributed by atoms with van der Waals surface area (Å²) in [5, 5.41) is 15.4. The number of nitrogens with zero attached hydrogens (tertiary/aromatic N) is 2. The van der Waals surface area contributed by atoms with E-state index in [-0.39, 0.29) is 23.9 Å². The number of hydrogen-bond acceptors (Lipinski definition) is 5. The molecule has 1 heterocycles. The first-order chi connectivity index (χ1) is 8.58. The molecule has 0 aliphatic heterocycles. The van der Waals surface area contributed by atoms with E-state index in [1.807, 2.05) is 0 Å². The summed E-state index contributed by atoms with van der Waals surface area (Å²) in [5.74, 6) is -0.402. The topological polar surface area (TPSA) is 93.5 Å². The number of rotatable bonds is 6. The van der Waals surface area contributed by atoms with Gasteiger partial charge < -0.3 is 15.2 Å². The summed E-state index contributed by atoms with van der Waals surface area (Å²) < 4.78 is 6.02. The minimum Gasteiger partial charge on any atom is -0.396 e. The van der Waals surface area contributed by atoms with Crippen molar-refractivity contribution in [2.24, 2.45) is 7.05 Å².